The van der Waals surface area contributed by atoms with Crippen molar-refractivity contribution in [3.8, 4) is 10.6 Å². The number of amides is 1. The normalized spacial score (nSPS) is 24.0. The van der Waals surface area contributed by atoms with Crippen molar-refractivity contribution in [3.05, 3.63) is 39.3 Å². The van der Waals surface area contributed by atoms with Crippen LogP contribution in [-0.4, -0.2) is 47.4 Å². The van der Waals surface area contributed by atoms with E-state index in [4.69, 9.17) is 23.2 Å². The summed E-state index contributed by atoms with van der Waals surface area (Å²) >= 11 is 14.1. The third kappa shape index (κ3) is 3.88. The number of carbonyl (C=O) groups excluding carboxylic acids is 1. The van der Waals surface area contributed by atoms with Gasteiger partial charge in [0, 0.05) is 30.2 Å². The number of piperidine rings is 1. The molecule has 3 heterocycles. The maximum absolute atomic E-state index is 12.8. The number of thiazole rings is 1. The summed E-state index contributed by atoms with van der Waals surface area (Å²) in [6.07, 6.45) is 6.55. The zero-order valence-electron chi connectivity index (χ0n) is 15.3. The van der Waals surface area contributed by atoms with Crippen molar-refractivity contribution in [2.75, 3.05) is 26.7 Å². The highest BCUT2D eigenvalue weighted by Crippen LogP contribution is 2.42. The molecule has 2 saturated heterocycles. The van der Waals surface area contributed by atoms with Gasteiger partial charge in [-0.05, 0) is 38.4 Å². The van der Waals surface area contributed by atoms with E-state index in [1.165, 1.54) is 19.3 Å². The molecule has 0 radical (unpaired) electrons. The van der Waals surface area contributed by atoms with Crippen molar-refractivity contribution < 1.29 is 4.79 Å². The van der Waals surface area contributed by atoms with Crippen molar-refractivity contribution >= 4 is 40.4 Å². The molecule has 2 aromatic rings. The summed E-state index contributed by atoms with van der Waals surface area (Å²) < 4.78 is 0. The van der Waals surface area contributed by atoms with E-state index in [-0.39, 0.29) is 17.9 Å². The van der Waals surface area contributed by atoms with E-state index in [0.717, 1.165) is 41.5 Å². The molecule has 4 rings (SSSR count). The third-order valence-corrected chi connectivity index (χ3v) is 7.58. The Morgan fingerprint density at radius 3 is 2.78 bits per heavy atom. The number of nitrogens with zero attached hydrogens (tertiary/aromatic N) is 3. The highest BCUT2D eigenvalue weighted by molar-refractivity contribution is 7.15. The van der Waals surface area contributed by atoms with Crippen LogP contribution >= 0.6 is 34.5 Å². The van der Waals surface area contributed by atoms with Crippen LogP contribution in [0.5, 0.6) is 0 Å². The molecule has 2 fully saturated rings. The molecule has 1 aromatic carbocycles. The highest BCUT2D eigenvalue weighted by atomic mass is 35.5. The van der Waals surface area contributed by atoms with E-state index in [9.17, 15) is 4.79 Å². The molecule has 1 aromatic heterocycles. The second-order valence-electron chi connectivity index (χ2n) is 7.43. The molecule has 7 heteroatoms. The summed E-state index contributed by atoms with van der Waals surface area (Å²) in [7, 11) is 1.91. The average Bonchev–Trinajstić information content (AvgIpc) is 3.26. The molecule has 4 nitrogen and oxygen atoms in total. The van der Waals surface area contributed by atoms with Crippen molar-refractivity contribution in [2.45, 2.75) is 31.7 Å². The van der Waals surface area contributed by atoms with Crippen molar-refractivity contribution in [2.24, 2.45) is 5.92 Å². The minimum absolute atomic E-state index is 0.0819. The van der Waals surface area contributed by atoms with Gasteiger partial charge in [0.15, 0.2) is 0 Å². The lowest BCUT2D eigenvalue weighted by Crippen LogP contribution is -2.36. The van der Waals surface area contributed by atoms with Crippen molar-refractivity contribution in [3.63, 3.8) is 0 Å². The van der Waals surface area contributed by atoms with Gasteiger partial charge in [-0.15, -0.1) is 11.3 Å². The molecule has 0 bridgehead atoms. The molecule has 0 saturated carbocycles. The SMILES string of the molecule is CN1C(=O)C(CN2CCCCC2)CC1c1cnc(-c2cccc(Cl)c2Cl)s1. The fraction of sp³-hybridized carbons (Fsp3) is 0.500. The van der Waals surface area contributed by atoms with Crippen LogP contribution in [0.15, 0.2) is 24.4 Å². The topological polar surface area (TPSA) is 36.4 Å². The van der Waals surface area contributed by atoms with Crippen LogP contribution in [0.4, 0.5) is 0 Å². The van der Waals surface area contributed by atoms with Crippen LogP contribution < -0.4 is 0 Å². The number of hydrogen-bond acceptors (Lipinski definition) is 4. The van der Waals surface area contributed by atoms with Gasteiger partial charge >= 0.3 is 0 Å². The molecular formula is C20H23Cl2N3OS. The monoisotopic (exact) mass is 423 g/mol. The predicted molar refractivity (Wildman–Crippen MR) is 111 cm³/mol. The molecule has 0 aliphatic carbocycles. The molecule has 2 atom stereocenters. The number of halogens is 2. The first-order valence-corrected chi connectivity index (χ1v) is 11.0. The smallest absolute Gasteiger partial charge is 0.227 e. The minimum Gasteiger partial charge on any atom is -0.338 e. The predicted octanol–water partition coefficient (Wildman–Crippen LogP) is 5.12. The Kier molecular flexibility index (Phi) is 5.74. The standard InChI is InChI=1S/C20H23Cl2N3OS/c1-24-16(10-13(20(24)26)12-25-8-3-2-4-9-25)17-11-23-19(27-17)14-6-5-7-15(21)18(14)22/h5-7,11,13,16H,2-4,8-10,12H2,1H3. The van der Waals surface area contributed by atoms with E-state index in [1.54, 1.807) is 17.4 Å². The van der Waals surface area contributed by atoms with Crippen LogP contribution in [0.2, 0.25) is 10.0 Å². The van der Waals surface area contributed by atoms with Gasteiger partial charge in [-0.3, -0.25) is 4.79 Å². The second kappa shape index (κ2) is 8.08. The first-order valence-electron chi connectivity index (χ1n) is 9.43. The summed E-state index contributed by atoms with van der Waals surface area (Å²) in [5.41, 5.74) is 0.845. The Hall–Kier alpha value is -1.14. The van der Waals surface area contributed by atoms with Gasteiger partial charge in [0.05, 0.1) is 22.0 Å². The Morgan fingerprint density at radius 2 is 2.00 bits per heavy atom. The lowest BCUT2D eigenvalue weighted by molar-refractivity contribution is -0.131. The minimum atomic E-state index is 0.0819. The molecule has 0 spiro atoms. The molecule has 2 aliphatic heterocycles. The average molecular weight is 424 g/mol. The van der Waals surface area contributed by atoms with Gasteiger partial charge in [-0.25, -0.2) is 4.98 Å². The van der Waals surface area contributed by atoms with Crippen LogP contribution in [0.25, 0.3) is 10.6 Å². The van der Waals surface area contributed by atoms with Gasteiger partial charge in [0.1, 0.15) is 5.01 Å². The summed E-state index contributed by atoms with van der Waals surface area (Å²) in [5, 5.41) is 1.90. The quantitative estimate of drug-likeness (QED) is 0.684. The zero-order valence-corrected chi connectivity index (χ0v) is 17.7. The molecule has 0 N–H and O–H groups in total. The first kappa shape index (κ1) is 19.2. The van der Waals surface area contributed by atoms with Crippen molar-refractivity contribution in [1.29, 1.82) is 0 Å². The number of benzene rings is 1. The fourth-order valence-corrected chi connectivity index (χ4v) is 5.67. The van der Waals surface area contributed by atoms with E-state index in [0.29, 0.717) is 10.0 Å². The Bertz CT molecular complexity index is 834. The van der Waals surface area contributed by atoms with Gasteiger partial charge in [0.2, 0.25) is 5.91 Å². The number of rotatable bonds is 4. The third-order valence-electron chi connectivity index (χ3n) is 5.63. The summed E-state index contributed by atoms with van der Waals surface area (Å²) in [6.45, 7) is 3.12. The molecule has 27 heavy (non-hydrogen) atoms. The van der Waals surface area contributed by atoms with E-state index < -0.39 is 0 Å². The molecule has 144 valence electrons. The highest BCUT2D eigenvalue weighted by Gasteiger charge is 2.39. The molecule has 1 amide bonds. The van der Waals surface area contributed by atoms with Gasteiger partial charge < -0.3 is 9.80 Å². The van der Waals surface area contributed by atoms with Crippen LogP contribution in [0.1, 0.15) is 36.6 Å². The Morgan fingerprint density at radius 1 is 1.22 bits per heavy atom. The lowest BCUT2D eigenvalue weighted by Gasteiger charge is -2.28. The molecule has 2 unspecified atom stereocenters. The van der Waals surface area contributed by atoms with E-state index in [1.807, 2.05) is 30.3 Å². The maximum Gasteiger partial charge on any atom is 0.227 e. The zero-order chi connectivity index (χ0) is 19.0. The van der Waals surface area contributed by atoms with Crippen LogP contribution in [0, 0.1) is 5.92 Å². The summed E-state index contributed by atoms with van der Waals surface area (Å²) in [6, 6.07) is 5.68. The van der Waals surface area contributed by atoms with Gasteiger partial charge in [0.25, 0.3) is 0 Å². The molecular weight excluding hydrogens is 401 g/mol. The lowest BCUT2D eigenvalue weighted by atomic mass is 10.0. The largest absolute Gasteiger partial charge is 0.338 e. The number of aromatic nitrogens is 1. The fourth-order valence-electron chi connectivity index (χ4n) is 4.12. The maximum atomic E-state index is 12.8. The number of hydrogen-bond donors (Lipinski definition) is 0. The second-order valence-corrected chi connectivity index (χ2v) is 9.28. The number of carbonyl (C=O) groups is 1. The molecule has 2 aliphatic rings. The van der Waals surface area contributed by atoms with Crippen LogP contribution in [0.3, 0.4) is 0 Å². The van der Waals surface area contributed by atoms with E-state index >= 15 is 0 Å². The first-order chi connectivity index (χ1) is 13.0. The summed E-state index contributed by atoms with van der Waals surface area (Å²) in [4.78, 5) is 22.8. The van der Waals surface area contributed by atoms with Crippen LogP contribution in [-0.2, 0) is 4.79 Å². The van der Waals surface area contributed by atoms with Gasteiger partial charge in [-0.2, -0.15) is 0 Å². The summed E-state index contributed by atoms with van der Waals surface area (Å²) in [5.74, 6) is 0.333. The van der Waals surface area contributed by atoms with Gasteiger partial charge in [-0.1, -0.05) is 41.8 Å². The number of likely N-dealkylation sites (tertiary alicyclic amines) is 2. The van der Waals surface area contributed by atoms with E-state index in [2.05, 4.69) is 9.88 Å². The Balaban J connectivity index is 1.51. The van der Waals surface area contributed by atoms with Crippen molar-refractivity contribution in [1.82, 2.24) is 14.8 Å². The Labute approximate surface area is 174 Å².